The lowest BCUT2D eigenvalue weighted by Gasteiger charge is -2.31. The van der Waals surface area contributed by atoms with E-state index in [-0.39, 0.29) is 5.41 Å². The summed E-state index contributed by atoms with van der Waals surface area (Å²) in [5, 5.41) is 8.94. The number of carbonyl (C=O) groups is 1. The highest BCUT2D eigenvalue weighted by Crippen LogP contribution is 2.39. The van der Waals surface area contributed by atoms with E-state index in [0.717, 1.165) is 17.5 Å². The van der Waals surface area contributed by atoms with Crippen molar-refractivity contribution in [3.63, 3.8) is 0 Å². The maximum absolute atomic E-state index is 10.9. The van der Waals surface area contributed by atoms with E-state index in [0.29, 0.717) is 5.56 Å². The average molecular weight is 318 g/mol. The Kier molecular flexibility index (Phi) is 4.15. The van der Waals surface area contributed by atoms with Crippen molar-refractivity contribution in [2.75, 3.05) is 0 Å². The molecule has 0 heterocycles. The third-order valence-electron chi connectivity index (χ3n) is 4.74. The molecular weight excluding hydrogens is 296 g/mol. The topological polar surface area (TPSA) is 37.3 Å². The molecule has 2 nitrogen and oxygen atoms in total. The van der Waals surface area contributed by atoms with Crippen molar-refractivity contribution in [1.82, 2.24) is 0 Å². The minimum atomic E-state index is -0.898. The zero-order valence-corrected chi connectivity index (χ0v) is 14.3. The van der Waals surface area contributed by atoms with Gasteiger partial charge in [-0.05, 0) is 64.8 Å². The van der Waals surface area contributed by atoms with E-state index in [2.05, 4.69) is 51.1 Å². The van der Waals surface area contributed by atoms with Gasteiger partial charge in [-0.2, -0.15) is 0 Å². The van der Waals surface area contributed by atoms with Crippen molar-refractivity contribution in [3.05, 3.63) is 76.4 Å². The van der Waals surface area contributed by atoms with Crippen molar-refractivity contribution in [2.45, 2.75) is 32.6 Å². The molecule has 122 valence electrons. The molecule has 0 bridgehead atoms. The fourth-order valence-corrected chi connectivity index (χ4v) is 3.14. The molecule has 0 aromatic heterocycles. The zero-order valence-electron chi connectivity index (χ0n) is 14.3. The van der Waals surface area contributed by atoms with Gasteiger partial charge in [0.15, 0.2) is 0 Å². The van der Waals surface area contributed by atoms with E-state index in [4.69, 9.17) is 5.11 Å². The minimum Gasteiger partial charge on any atom is -0.478 e. The monoisotopic (exact) mass is 318 g/mol. The molecule has 0 amide bonds. The van der Waals surface area contributed by atoms with Crippen LogP contribution in [0, 0.1) is 0 Å². The first-order chi connectivity index (χ1) is 11.4. The van der Waals surface area contributed by atoms with Gasteiger partial charge >= 0.3 is 5.97 Å². The van der Waals surface area contributed by atoms with Crippen LogP contribution in [0.1, 0.15) is 59.8 Å². The first-order valence-electron chi connectivity index (χ1n) is 8.20. The van der Waals surface area contributed by atoms with Crippen LogP contribution in [0.15, 0.2) is 48.5 Å². The van der Waals surface area contributed by atoms with Crippen LogP contribution in [0.25, 0.3) is 17.7 Å². The molecular formula is C22H22O2. The summed E-state index contributed by atoms with van der Waals surface area (Å²) in [5.41, 5.74) is 6.71. The lowest BCUT2D eigenvalue weighted by Crippen LogP contribution is -2.21. The Hall–Kier alpha value is -2.61. The maximum atomic E-state index is 10.9. The van der Waals surface area contributed by atoms with Gasteiger partial charge in [-0.15, -0.1) is 0 Å². The molecule has 3 rings (SSSR count). The molecule has 0 unspecified atom stereocenters. The molecule has 2 aromatic carbocycles. The van der Waals surface area contributed by atoms with E-state index >= 15 is 0 Å². The number of hydrogen-bond acceptors (Lipinski definition) is 1. The van der Waals surface area contributed by atoms with Crippen molar-refractivity contribution < 1.29 is 9.90 Å². The molecule has 1 aliphatic carbocycles. The summed E-state index contributed by atoms with van der Waals surface area (Å²) in [5.74, 6) is -0.898. The minimum absolute atomic E-state index is 0.184. The SMILES string of the molecule is CC1=CCC(C)(C)c2ccc(/C=C/c3ccc(C(=O)O)cc3)cc21. The third-order valence-corrected chi connectivity index (χ3v) is 4.74. The number of carboxylic acids is 1. The Morgan fingerprint density at radius 1 is 1.04 bits per heavy atom. The smallest absolute Gasteiger partial charge is 0.335 e. The van der Waals surface area contributed by atoms with Gasteiger partial charge in [0, 0.05) is 0 Å². The van der Waals surface area contributed by atoms with Gasteiger partial charge in [-0.3, -0.25) is 0 Å². The fraction of sp³-hybridized carbons (Fsp3) is 0.227. The summed E-state index contributed by atoms with van der Waals surface area (Å²) in [7, 11) is 0. The van der Waals surface area contributed by atoms with Crippen molar-refractivity contribution >= 4 is 23.7 Å². The number of carboxylic acid groups (broad SMARTS) is 1. The van der Waals surface area contributed by atoms with E-state index < -0.39 is 5.97 Å². The van der Waals surface area contributed by atoms with Crippen LogP contribution in [-0.4, -0.2) is 11.1 Å². The summed E-state index contributed by atoms with van der Waals surface area (Å²) in [4.78, 5) is 10.9. The van der Waals surface area contributed by atoms with Crippen LogP contribution < -0.4 is 0 Å². The summed E-state index contributed by atoms with van der Waals surface area (Å²) in [6.45, 7) is 6.74. The van der Waals surface area contributed by atoms with Crippen molar-refractivity contribution in [3.8, 4) is 0 Å². The standard InChI is InChI=1S/C22H22O2/c1-15-12-13-22(2,3)20-11-8-17(14-19(15)20)5-4-16-6-9-18(10-7-16)21(23)24/h4-12,14H,13H2,1-3H3,(H,23,24)/b5-4+. The van der Waals surface area contributed by atoms with Crippen LogP contribution in [0.3, 0.4) is 0 Å². The van der Waals surface area contributed by atoms with E-state index in [1.54, 1.807) is 12.1 Å². The number of fused-ring (bicyclic) bond motifs is 1. The van der Waals surface area contributed by atoms with Gasteiger partial charge in [0.2, 0.25) is 0 Å². The Morgan fingerprint density at radius 2 is 1.67 bits per heavy atom. The molecule has 0 aliphatic heterocycles. The van der Waals surface area contributed by atoms with Crippen LogP contribution in [0.2, 0.25) is 0 Å². The highest BCUT2D eigenvalue weighted by molar-refractivity contribution is 5.88. The Balaban J connectivity index is 1.88. The van der Waals surface area contributed by atoms with Gasteiger partial charge in [0.05, 0.1) is 5.56 Å². The third kappa shape index (κ3) is 3.18. The number of hydrogen-bond donors (Lipinski definition) is 1. The molecule has 2 aromatic rings. The van der Waals surface area contributed by atoms with Crippen LogP contribution in [0.5, 0.6) is 0 Å². The van der Waals surface area contributed by atoms with Crippen molar-refractivity contribution in [1.29, 1.82) is 0 Å². The first-order valence-corrected chi connectivity index (χ1v) is 8.20. The number of rotatable bonds is 3. The van der Waals surface area contributed by atoms with Gasteiger partial charge in [0.1, 0.15) is 0 Å². The maximum Gasteiger partial charge on any atom is 0.335 e. The van der Waals surface area contributed by atoms with Crippen LogP contribution >= 0.6 is 0 Å². The Labute approximate surface area is 143 Å². The zero-order chi connectivity index (χ0) is 17.3. The largest absolute Gasteiger partial charge is 0.478 e. The molecule has 1 aliphatic rings. The van der Waals surface area contributed by atoms with Gasteiger partial charge in [0.25, 0.3) is 0 Å². The lowest BCUT2D eigenvalue weighted by molar-refractivity contribution is 0.0697. The van der Waals surface area contributed by atoms with Gasteiger partial charge < -0.3 is 5.11 Å². The molecule has 0 spiro atoms. The van der Waals surface area contributed by atoms with Crippen LogP contribution in [-0.2, 0) is 5.41 Å². The van der Waals surface area contributed by atoms with E-state index in [1.165, 1.54) is 16.7 Å². The molecule has 2 heteroatoms. The predicted octanol–water partition coefficient (Wildman–Crippen LogP) is 5.64. The molecule has 0 fully saturated rings. The molecule has 0 atom stereocenters. The molecule has 1 N–H and O–H groups in total. The summed E-state index contributed by atoms with van der Waals surface area (Å²) < 4.78 is 0. The normalized spacial score (nSPS) is 15.9. The fourth-order valence-electron chi connectivity index (χ4n) is 3.14. The second-order valence-corrected chi connectivity index (χ2v) is 7.04. The summed E-state index contributed by atoms with van der Waals surface area (Å²) >= 11 is 0. The lowest BCUT2D eigenvalue weighted by atomic mass is 9.73. The Morgan fingerprint density at radius 3 is 2.33 bits per heavy atom. The molecule has 0 saturated heterocycles. The van der Waals surface area contributed by atoms with Gasteiger partial charge in [-0.25, -0.2) is 4.79 Å². The van der Waals surface area contributed by atoms with Crippen LogP contribution in [0.4, 0.5) is 0 Å². The first kappa shape index (κ1) is 16.3. The summed E-state index contributed by atoms with van der Waals surface area (Å²) in [6, 6.07) is 13.5. The number of allylic oxidation sites excluding steroid dienone is 2. The Bertz CT molecular complexity index is 837. The molecule has 0 saturated carbocycles. The number of aromatic carboxylic acids is 1. The quantitative estimate of drug-likeness (QED) is 0.744. The second-order valence-electron chi connectivity index (χ2n) is 7.04. The van der Waals surface area contributed by atoms with Crippen molar-refractivity contribution in [2.24, 2.45) is 0 Å². The summed E-state index contributed by atoms with van der Waals surface area (Å²) in [6.07, 6.45) is 7.49. The highest BCUT2D eigenvalue weighted by atomic mass is 16.4. The van der Waals surface area contributed by atoms with Gasteiger partial charge in [-0.1, -0.05) is 56.3 Å². The predicted molar refractivity (Wildman–Crippen MR) is 100 cm³/mol. The van der Waals surface area contributed by atoms with E-state index in [1.807, 2.05) is 18.2 Å². The average Bonchev–Trinajstić information content (AvgIpc) is 2.57. The highest BCUT2D eigenvalue weighted by Gasteiger charge is 2.26. The van der Waals surface area contributed by atoms with E-state index in [9.17, 15) is 4.79 Å². The molecule has 24 heavy (non-hydrogen) atoms. The molecule has 0 radical (unpaired) electrons. The number of benzene rings is 2. The second kappa shape index (κ2) is 6.12.